The van der Waals surface area contributed by atoms with Gasteiger partial charge in [0, 0.05) is 17.3 Å². The molecule has 82 valence electrons. The van der Waals surface area contributed by atoms with E-state index in [1.165, 1.54) is 7.11 Å². The summed E-state index contributed by atoms with van der Waals surface area (Å²) in [5.74, 6) is -0.429. The van der Waals surface area contributed by atoms with E-state index in [9.17, 15) is 4.79 Å². The molecule has 0 saturated heterocycles. The van der Waals surface area contributed by atoms with E-state index in [1.807, 2.05) is 19.1 Å². The molecule has 0 saturated carbocycles. The maximum atomic E-state index is 11.4. The molecule has 0 atom stereocenters. The van der Waals surface area contributed by atoms with Crippen molar-refractivity contribution in [1.29, 1.82) is 0 Å². The van der Waals surface area contributed by atoms with Gasteiger partial charge in [0.2, 0.25) is 0 Å². The van der Waals surface area contributed by atoms with Crippen LogP contribution in [0.1, 0.15) is 16.1 Å². The zero-order valence-corrected chi connectivity index (χ0v) is 9.15. The lowest BCUT2D eigenvalue weighted by atomic mass is 10.0. The number of pyridine rings is 1. The minimum atomic E-state index is -0.429. The molecule has 0 aliphatic carbocycles. The van der Waals surface area contributed by atoms with Crippen LogP contribution in [-0.4, -0.2) is 18.1 Å². The van der Waals surface area contributed by atoms with Crippen molar-refractivity contribution in [2.75, 3.05) is 12.8 Å². The first kappa shape index (κ1) is 10.4. The molecule has 2 N–H and O–H groups in total. The van der Waals surface area contributed by atoms with Gasteiger partial charge in [-0.05, 0) is 23.9 Å². The largest absolute Gasteiger partial charge is 0.464 e. The molecule has 0 aliphatic rings. The van der Waals surface area contributed by atoms with Crippen LogP contribution in [0, 0.1) is 6.92 Å². The van der Waals surface area contributed by atoms with E-state index in [1.54, 1.807) is 12.3 Å². The van der Waals surface area contributed by atoms with Crippen LogP contribution < -0.4 is 5.73 Å². The number of nitrogen functional groups attached to an aromatic ring is 1. The number of hydrogen-bond donors (Lipinski definition) is 1. The van der Waals surface area contributed by atoms with Crippen LogP contribution in [-0.2, 0) is 4.74 Å². The van der Waals surface area contributed by atoms with Crippen molar-refractivity contribution >= 4 is 22.4 Å². The second kappa shape index (κ2) is 3.81. The van der Waals surface area contributed by atoms with Gasteiger partial charge in [-0.15, -0.1) is 0 Å². The molecule has 1 aromatic heterocycles. The predicted molar refractivity (Wildman–Crippen MR) is 62.2 cm³/mol. The van der Waals surface area contributed by atoms with E-state index in [4.69, 9.17) is 5.73 Å². The molecule has 2 aromatic rings. The number of anilines is 1. The van der Waals surface area contributed by atoms with Crippen LogP contribution in [0.25, 0.3) is 10.8 Å². The fourth-order valence-electron chi connectivity index (χ4n) is 1.71. The summed E-state index contributed by atoms with van der Waals surface area (Å²) in [7, 11) is 1.34. The van der Waals surface area contributed by atoms with Gasteiger partial charge < -0.3 is 10.5 Å². The average Bonchev–Trinajstić information content (AvgIpc) is 2.30. The number of aryl methyl sites for hydroxylation is 1. The predicted octanol–water partition coefficient (Wildman–Crippen LogP) is 1.91. The summed E-state index contributed by atoms with van der Waals surface area (Å²) in [6, 6.07) is 5.57. The molecule has 0 amide bonds. The molecule has 4 nitrogen and oxygen atoms in total. The topological polar surface area (TPSA) is 65.2 Å². The Kier molecular flexibility index (Phi) is 2.48. The van der Waals surface area contributed by atoms with Gasteiger partial charge in [0.05, 0.1) is 7.11 Å². The lowest BCUT2D eigenvalue weighted by Crippen LogP contribution is -2.07. The molecule has 2 rings (SSSR count). The number of fused-ring (bicyclic) bond motifs is 1. The Labute approximate surface area is 93.0 Å². The third-order valence-corrected chi connectivity index (χ3v) is 2.60. The number of rotatable bonds is 1. The maximum Gasteiger partial charge on any atom is 0.356 e. The molecule has 0 spiro atoms. The highest BCUT2D eigenvalue weighted by Crippen LogP contribution is 2.24. The molecule has 0 aliphatic heterocycles. The van der Waals surface area contributed by atoms with E-state index in [2.05, 4.69) is 9.72 Å². The summed E-state index contributed by atoms with van der Waals surface area (Å²) in [5.41, 5.74) is 7.61. The molecule has 1 aromatic carbocycles. The zero-order valence-electron chi connectivity index (χ0n) is 9.15. The molecular formula is C12H12N2O2. The number of ether oxygens (including phenoxy) is 1. The van der Waals surface area contributed by atoms with Crippen molar-refractivity contribution in [2.24, 2.45) is 0 Å². The third-order valence-electron chi connectivity index (χ3n) is 2.60. The summed E-state index contributed by atoms with van der Waals surface area (Å²) in [6.45, 7) is 1.83. The molecular weight excluding hydrogens is 204 g/mol. The molecule has 0 radical (unpaired) electrons. The molecule has 0 fully saturated rings. The molecule has 0 unspecified atom stereocenters. The lowest BCUT2D eigenvalue weighted by molar-refractivity contribution is 0.0593. The number of hydrogen-bond acceptors (Lipinski definition) is 4. The van der Waals surface area contributed by atoms with Crippen LogP contribution in [0.3, 0.4) is 0 Å². The van der Waals surface area contributed by atoms with Crippen molar-refractivity contribution in [1.82, 2.24) is 4.98 Å². The Balaban J connectivity index is 2.75. The first-order valence-electron chi connectivity index (χ1n) is 4.87. The van der Waals surface area contributed by atoms with Crippen LogP contribution >= 0.6 is 0 Å². The van der Waals surface area contributed by atoms with Gasteiger partial charge in [-0.1, -0.05) is 12.1 Å². The highest BCUT2D eigenvalue weighted by molar-refractivity contribution is 6.00. The Bertz CT molecular complexity index is 564. The van der Waals surface area contributed by atoms with E-state index < -0.39 is 5.97 Å². The minimum Gasteiger partial charge on any atom is -0.464 e. The summed E-state index contributed by atoms with van der Waals surface area (Å²) < 4.78 is 4.66. The number of carbonyl (C=O) groups excluding carboxylic acids is 1. The van der Waals surface area contributed by atoms with Crippen LogP contribution in [0.4, 0.5) is 5.69 Å². The van der Waals surface area contributed by atoms with Crippen LogP contribution in [0.5, 0.6) is 0 Å². The first-order chi connectivity index (χ1) is 7.65. The SMILES string of the molecule is COC(=O)c1ncc2c(N)cccc2c1C. The van der Waals surface area contributed by atoms with E-state index in [0.29, 0.717) is 11.4 Å². The van der Waals surface area contributed by atoms with E-state index >= 15 is 0 Å². The number of carbonyl (C=O) groups is 1. The standard InChI is InChI=1S/C12H12N2O2/c1-7-8-4-3-5-10(13)9(8)6-14-11(7)12(15)16-2/h3-6H,13H2,1-2H3. The highest BCUT2D eigenvalue weighted by atomic mass is 16.5. The fourth-order valence-corrected chi connectivity index (χ4v) is 1.71. The van der Waals surface area contributed by atoms with Crippen LogP contribution in [0.15, 0.2) is 24.4 Å². The highest BCUT2D eigenvalue weighted by Gasteiger charge is 2.13. The van der Waals surface area contributed by atoms with Crippen LogP contribution in [0.2, 0.25) is 0 Å². The summed E-state index contributed by atoms with van der Waals surface area (Å²) in [6.07, 6.45) is 1.60. The summed E-state index contributed by atoms with van der Waals surface area (Å²) in [4.78, 5) is 15.5. The number of benzene rings is 1. The third kappa shape index (κ3) is 1.48. The van der Waals surface area contributed by atoms with E-state index in [0.717, 1.165) is 16.3 Å². The van der Waals surface area contributed by atoms with Gasteiger partial charge >= 0.3 is 5.97 Å². The number of aromatic nitrogens is 1. The maximum absolute atomic E-state index is 11.4. The van der Waals surface area contributed by atoms with E-state index in [-0.39, 0.29) is 0 Å². The van der Waals surface area contributed by atoms with Gasteiger partial charge in [-0.25, -0.2) is 9.78 Å². The molecule has 16 heavy (non-hydrogen) atoms. The lowest BCUT2D eigenvalue weighted by Gasteiger charge is -2.08. The quantitative estimate of drug-likeness (QED) is 0.584. The van der Waals surface area contributed by atoms with Crippen molar-refractivity contribution in [2.45, 2.75) is 6.92 Å². The number of esters is 1. The smallest absolute Gasteiger partial charge is 0.356 e. The van der Waals surface area contributed by atoms with Gasteiger partial charge in [-0.2, -0.15) is 0 Å². The summed E-state index contributed by atoms with van der Waals surface area (Å²) in [5, 5.41) is 1.78. The Morgan fingerprint density at radius 1 is 1.38 bits per heavy atom. The van der Waals surface area contributed by atoms with Gasteiger partial charge in [0.1, 0.15) is 0 Å². The van der Waals surface area contributed by atoms with Gasteiger partial charge in [-0.3, -0.25) is 0 Å². The number of methoxy groups -OCH3 is 1. The molecule has 1 heterocycles. The second-order valence-electron chi connectivity index (χ2n) is 3.53. The minimum absolute atomic E-state index is 0.334. The molecule has 0 bridgehead atoms. The summed E-state index contributed by atoms with van der Waals surface area (Å²) >= 11 is 0. The van der Waals surface area contributed by atoms with Crippen molar-refractivity contribution in [3.05, 3.63) is 35.7 Å². The van der Waals surface area contributed by atoms with Crippen molar-refractivity contribution < 1.29 is 9.53 Å². The van der Waals surface area contributed by atoms with Crippen molar-refractivity contribution in [3.63, 3.8) is 0 Å². The number of nitrogens with zero attached hydrogens (tertiary/aromatic N) is 1. The van der Waals surface area contributed by atoms with Gasteiger partial charge in [0.15, 0.2) is 5.69 Å². The molecule has 4 heteroatoms. The zero-order chi connectivity index (χ0) is 11.7. The average molecular weight is 216 g/mol. The second-order valence-corrected chi connectivity index (χ2v) is 3.53. The van der Waals surface area contributed by atoms with Gasteiger partial charge in [0.25, 0.3) is 0 Å². The fraction of sp³-hybridized carbons (Fsp3) is 0.167. The number of nitrogens with two attached hydrogens (primary N) is 1. The monoisotopic (exact) mass is 216 g/mol. The normalized spacial score (nSPS) is 10.4. The Hall–Kier alpha value is -2.10. The van der Waals surface area contributed by atoms with Crippen molar-refractivity contribution in [3.8, 4) is 0 Å². The Morgan fingerprint density at radius 3 is 2.81 bits per heavy atom. The Morgan fingerprint density at radius 2 is 2.12 bits per heavy atom. The first-order valence-corrected chi connectivity index (χ1v) is 4.87.